The Morgan fingerprint density at radius 2 is 1.75 bits per heavy atom. The molecule has 192 valence electrons. The average molecular weight is 516 g/mol. The van der Waals surface area contributed by atoms with E-state index < -0.39 is 47.9 Å². The molecule has 0 aliphatic carbocycles. The molecule has 1 aromatic carbocycles. The summed E-state index contributed by atoms with van der Waals surface area (Å²) in [6.07, 6.45) is 5.03. The molecule has 4 atom stereocenters. The number of aromatic amines is 2. The fourth-order valence-electron chi connectivity index (χ4n) is 3.60. The zero-order chi connectivity index (χ0) is 26.2. The summed E-state index contributed by atoms with van der Waals surface area (Å²) in [4.78, 5) is 59.6. The number of nitrogens with two attached hydrogens (primary N) is 1. The zero-order valence-electron chi connectivity index (χ0n) is 19.5. The molecule has 0 aliphatic rings. The molecule has 3 rings (SSSR count). The lowest BCUT2D eigenvalue weighted by atomic mass is 10.0. The molecule has 0 radical (unpaired) electrons. The molecule has 3 aromatic rings. The number of carbonyl (C=O) groups excluding carboxylic acids is 3. The van der Waals surface area contributed by atoms with E-state index in [1.165, 1.54) is 13.3 Å². The number of amides is 3. The second kappa shape index (κ2) is 12.2. The van der Waals surface area contributed by atoms with E-state index >= 15 is 0 Å². The van der Waals surface area contributed by atoms with E-state index in [4.69, 9.17) is 5.73 Å². The van der Waals surface area contributed by atoms with Crippen LogP contribution in [0.25, 0.3) is 10.9 Å². The molecule has 0 aliphatic heterocycles. The summed E-state index contributed by atoms with van der Waals surface area (Å²) in [5.41, 5.74) is 8.20. The number of hydrogen-bond acceptors (Lipinski definition) is 7. The van der Waals surface area contributed by atoms with E-state index in [0.717, 1.165) is 16.5 Å². The third-order valence-corrected chi connectivity index (χ3v) is 5.98. The van der Waals surface area contributed by atoms with Gasteiger partial charge >= 0.3 is 5.97 Å². The molecule has 0 saturated heterocycles. The monoisotopic (exact) mass is 515 g/mol. The van der Waals surface area contributed by atoms with Gasteiger partial charge in [0, 0.05) is 47.6 Å². The highest BCUT2D eigenvalue weighted by Gasteiger charge is 2.29. The van der Waals surface area contributed by atoms with Gasteiger partial charge in [-0.2, -0.15) is 12.6 Å². The van der Waals surface area contributed by atoms with Crippen molar-refractivity contribution in [2.24, 2.45) is 5.73 Å². The standard InChI is InChI=1S/C23H29N7O5S/c1-12(28-21(32)16(24)7-14-9-25-11-27-14)20(31)29-18(22(33)30-19(10-36)23(34)35)6-13-8-26-17-5-3-2-4-15(13)17/h2-5,8-9,11-12,16,18-19,26,36H,6-7,10,24H2,1H3,(H,25,27)(H,28,32)(H,29,31)(H,30,33)(H,34,35). The van der Waals surface area contributed by atoms with Gasteiger partial charge in [0.2, 0.25) is 17.7 Å². The molecular formula is C23H29N7O5S. The SMILES string of the molecule is CC(NC(=O)C(N)Cc1cnc[nH]1)C(=O)NC(Cc1c[nH]c2ccccc12)C(=O)NC(CS)C(=O)O. The number of hydrogen-bond donors (Lipinski definition) is 8. The number of carboxylic acid groups (broad SMARTS) is 1. The van der Waals surface area contributed by atoms with Crippen molar-refractivity contribution in [2.75, 3.05) is 5.75 Å². The fraction of sp³-hybridized carbons (Fsp3) is 0.348. The third kappa shape index (κ3) is 6.86. The maximum atomic E-state index is 13.0. The summed E-state index contributed by atoms with van der Waals surface area (Å²) >= 11 is 3.97. The van der Waals surface area contributed by atoms with Crippen molar-refractivity contribution < 1.29 is 24.3 Å². The van der Waals surface area contributed by atoms with Gasteiger partial charge in [-0.3, -0.25) is 14.4 Å². The molecule has 0 bridgehead atoms. The highest BCUT2D eigenvalue weighted by Crippen LogP contribution is 2.19. The summed E-state index contributed by atoms with van der Waals surface area (Å²) in [5, 5.41) is 17.7. The normalized spacial score (nSPS) is 14.4. The summed E-state index contributed by atoms with van der Waals surface area (Å²) in [6.45, 7) is 1.46. The number of nitrogens with one attached hydrogen (secondary N) is 5. The van der Waals surface area contributed by atoms with Crippen LogP contribution in [0.15, 0.2) is 43.0 Å². The van der Waals surface area contributed by atoms with Gasteiger partial charge in [0.25, 0.3) is 0 Å². The van der Waals surface area contributed by atoms with Gasteiger partial charge in [-0.15, -0.1) is 0 Å². The van der Waals surface area contributed by atoms with Crippen molar-refractivity contribution in [1.29, 1.82) is 0 Å². The van der Waals surface area contributed by atoms with E-state index in [1.54, 1.807) is 12.4 Å². The topological polar surface area (TPSA) is 195 Å². The minimum Gasteiger partial charge on any atom is -0.480 e. The molecule has 0 spiro atoms. The van der Waals surface area contributed by atoms with E-state index in [-0.39, 0.29) is 18.6 Å². The summed E-state index contributed by atoms with van der Waals surface area (Å²) in [6, 6.07) is 3.17. The first kappa shape index (κ1) is 26.8. The summed E-state index contributed by atoms with van der Waals surface area (Å²) < 4.78 is 0. The smallest absolute Gasteiger partial charge is 0.327 e. The van der Waals surface area contributed by atoms with Crippen LogP contribution in [0.5, 0.6) is 0 Å². The van der Waals surface area contributed by atoms with Gasteiger partial charge in [-0.05, 0) is 18.6 Å². The first-order valence-corrected chi connectivity index (χ1v) is 11.9. The van der Waals surface area contributed by atoms with Crippen molar-refractivity contribution in [1.82, 2.24) is 30.9 Å². The highest BCUT2D eigenvalue weighted by atomic mass is 32.1. The third-order valence-electron chi connectivity index (χ3n) is 5.61. The molecule has 13 heteroatoms. The lowest BCUT2D eigenvalue weighted by Crippen LogP contribution is -2.57. The van der Waals surface area contributed by atoms with Gasteiger partial charge in [0.05, 0.1) is 12.4 Å². The molecule has 0 fully saturated rings. The zero-order valence-corrected chi connectivity index (χ0v) is 20.4. The number of fused-ring (bicyclic) bond motifs is 1. The van der Waals surface area contributed by atoms with Crippen LogP contribution in [0.4, 0.5) is 0 Å². The lowest BCUT2D eigenvalue weighted by molar-refractivity contribution is -0.141. The van der Waals surface area contributed by atoms with Crippen LogP contribution in [-0.2, 0) is 32.0 Å². The Bertz CT molecular complexity index is 1210. The first-order valence-electron chi connectivity index (χ1n) is 11.2. The van der Waals surface area contributed by atoms with Crippen LogP contribution in [-0.4, -0.2) is 73.7 Å². The van der Waals surface area contributed by atoms with Crippen LogP contribution in [0.1, 0.15) is 18.2 Å². The maximum absolute atomic E-state index is 13.0. The fourth-order valence-corrected chi connectivity index (χ4v) is 3.84. The number of aromatic nitrogens is 3. The Morgan fingerprint density at radius 1 is 1.03 bits per heavy atom. The number of aliphatic carboxylic acids is 1. The summed E-state index contributed by atoms with van der Waals surface area (Å²) in [7, 11) is 0. The minimum atomic E-state index is -1.25. The molecular weight excluding hydrogens is 486 g/mol. The number of H-pyrrole nitrogens is 2. The molecule has 2 heterocycles. The molecule has 8 N–H and O–H groups in total. The van der Waals surface area contributed by atoms with Gasteiger partial charge in [-0.1, -0.05) is 18.2 Å². The van der Waals surface area contributed by atoms with E-state index in [9.17, 15) is 24.3 Å². The number of rotatable bonds is 12. The largest absolute Gasteiger partial charge is 0.480 e. The lowest BCUT2D eigenvalue weighted by Gasteiger charge is -2.23. The van der Waals surface area contributed by atoms with Crippen molar-refractivity contribution >= 4 is 47.2 Å². The van der Waals surface area contributed by atoms with Crippen molar-refractivity contribution in [2.45, 2.75) is 43.9 Å². The number of para-hydroxylation sites is 1. The summed E-state index contributed by atoms with van der Waals surface area (Å²) in [5.74, 6) is -3.25. The van der Waals surface area contributed by atoms with Gasteiger partial charge < -0.3 is 36.8 Å². The molecule has 12 nitrogen and oxygen atoms in total. The molecule has 0 saturated carbocycles. The Hall–Kier alpha value is -3.84. The van der Waals surface area contributed by atoms with Crippen molar-refractivity contribution in [3.63, 3.8) is 0 Å². The predicted molar refractivity (Wildman–Crippen MR) is 135 cm³/mol. The predicted octanol–water partition coefficient (Wildman–Crippen LogP) is -0.508. The highest BCUT2D eigenvalue weighted by molar-refractivity contribution is 7.80. The van der Waals surface area contributed by atoms with Gasteiger partial charge in [-0.25, -0.2) is 9.78 Å². The molecule has 4 unspecified atom stereocenters. The Kier molecular flexibility index (Phi) is 9.08. The maximum Gasteiger partial charge on any atom is 0.327 e. The Morgan fingerprint density at radius 3 is 2.42 bits per heavy atom. The number of nitrogens with zero attached hydrogens (tertiary/aromatic N) is 1. The van der Waals surface area contributed by atoms with Crippen LogP contribution < -0.4 is 21.7 Å². The Balaban J connectivity index is 1.71. The number of thiol groups is 1. The second-order valence-corrected chi connectivity index (χ2v) is 8.69. The number of imidazole rings is 1. The van der Waals surface area contributed by atoms with Crippen LogP contribution in [0.3, 0.4) is 0 Å². The van der Waals surface area contributed by atoms with Crippen molar-refractivity contribution in [3.05, 3.63) is 54.2 Å². The van der Waals surface area contributed by atoms with E-state index in [0.29, 0.717) is 5.69 Å². The molecule has 2 aromatic heterocycles. The number of carbonyl (C=O) groups is 4. The molecule has 36 heavy (non-hydrogen) atoms. The van der Waals surface area contributed by atoms with Crippen LogP contribution in [0.2, 0.25) is 0 Å². The van der Waals surface area contributed by atoms with Gasteiger partial charge in [0.1, 0.15) is 18.1 Å². The van der Waals surface area contributed by atoms with E-state index in [2.05, 4.69) is 43.5 Å². The van der Waals surface area contributed by atoms with Crippen LogP contribution >= 0.6 is 12.6 Å². The van der Waals surface area contributed by atoms with Gasteiger partial charge in [0.15, 0.2) is 0 Å². The van der Waals surface area contributed by atoms with Crippen molar-refractivity contribution in [3.8, 4) is 0 Å². The average Bonchev–Trinajstić information content (AvgIpc) is 3.51. The quantitative estimate of drug-likeness (QED) is 0.149. The Labute approximate surface area is 212 Å². The number of carboxylic acids is 1. The number of benzene rings is 1. The second-order valence-electron chi connectivity index (χ2n) is 8.32. The first-order chi connectivity index (χ1) is 17.2. The van der Waals surface area contributed by atoms with Crippen LogP contribution in [0, 0.1) is 0 Å². The van der Waals surface area contributed by atoms with E-state index in [1.807, 2.05) is 24.3 Å². The molecule has 3 amide bonds. The minimum absolute atomic E-state index is 0.0838.